The van der Waals surface area contributed by atoms with E-state index in [4.69, 9.17) is 4.74 Å². The van der Waals surface area contributed by atoms with Crippen molar-refractivity contribution in [1.29, 1.82) is 0 Å². The Hall–Kier alpha value is -2.34. The maximum absolute atomic E-state index is 11.8. The molecule has 0 saturated carbocycles. The molecule has 0 aliphatic rings. The molecule has 0 bridgehead atoms. The van der Waals surface area contributed by atoms with Crippen LogP contribution in [0.2, 0.25) is 0 Å². The number of aryl methyl sites for hydroxylation is 2. The number of nitro groups is 1. The lowest BCUT2D eigenvalue weighted by atomic mass is 10.1. The van der Waals surface area contributed by atoms with Gasteiger partial charge in [0.1, 0.15) is 5.75 Å². The second-order valence-corrected chi connectivity index (χ2v) is 6.24. The van der Waals surface area contributed by atoms with Crippen LogP contribution in [0.25, 0.3) is 0 Å². The van der Waals surface area contributed by atoms with E-state index in [0.717, 1.165) is 4.90 Å². The van der Waals surface area contributed by atoms with E-state index in [2.05, 4.69) is 26.0 Å². The summed E-state index contributed by atoms with van der Waals surface area (Å²) in [5.41, 5.74) is 2.44. The van der Waals surface area contributed by atoms with E-state index in [9.17, 15) is 14.9 Å². The monoisotopic (exact) mass is 331 g/mol. The highest BCUT2D eigenvalue weighted by Crippen LogP contribution is 2.22. The van der Waals surface area contributed by atoms with Crippen LogP contribution in [0, 0.1) is 24.0 Å². The predicted octanol–water partition coefficient (Wildman–Crippen LogP) is 4.30. The number of hydrogen-bond acceptors (Lipinski definition) is 5. The summed E-state index contributed by atoms with van der Waals surface area (Å²) in [5, 5.41) is 10.6. The number of carbonyl (C=O) groups is 1. The summed E-state index contributed by atoms with van der Waals surface area (Å²) in [6.45, 7) is 4.12. The zero-order valence-corrected chi connectivity index (χ0v) is 13.8. The van der Waals surface area contributed by atoms with Crippen molar-refractivity contribution >= 4 is 23.4 Å². The zero-order chi connectivity index (χ0) is 16.8. The smallest absolute Gasteiger partial charge is 0.312 e. The van der Waals surface area contributed by atoms with Gasteiger partial charge in [0.2, 0.25) is 0 Å². The molecule has 6 heteroatoms. The van der Waals surface area contributed by atoms with E-state index >= 15 is 0 Å². The van der Waals surface area contributed by atoms with Gasteiger partial charge in [-0.2, -0.15) is 0 Å². The van der Waals surface area contributed by atoms with E-state index in [1.807, 2.05) is 6.07 Å². The van der Waals surface area contributed by atoms with Gasteiger partial charge in [0.05, 0.1) is 11.3 Å². The highest BCUT2D eigenvalue weighted by Gasteiger charge is 2.08. The molecule has 2 rings (SSSR count). The normalized spacial score (nSPS) is 10.3. The molecule has 5 nitrogen and oxygen atoms in total. The molecule has 0 N–H and O–H groups in total. The van der Waals surface area contributed by atoms with Gasteiger partial charge in [0, 0.05) is 22.8 Å². The fraction of sp³-hybridized carbons (Fsp3) is 0.235. The van der Waals surface area contributed by atoms with Crippen molar-refractivity contribution in [2.45, 2.75) is 25.2 Å². The summed E-state index contributed by atoms with van der Waals surface area (Å²) in [6.07, 6.45) is 0.272. The van der Waals surface area contributed by atoms with Gasteiger partial charge in [-0.25, -0.2) is 0 Å². The molecule has 23 heavy (non-hydrogen) atoms. The predicted molar refractivity (Wildman–Crippen MR) is 90.0 cm³/mol. The summed E-state index contributed by atoms with van der Waals surface area (Å²) in [7, 11) is 0. The number of nitro benzene ring substituents is 1. The summed E-state index contributed by atoms with van der Waals surface area (Å²) in [5.74, 6) is 0.584. The third-order valence-corrected chi connectivity index (χ3v) is 4.33. The molecule has 0 heterocycles. The van der Waals surface area contributed by atoms with Gasteiger partial charge in [0.15, 0.2) is 0 Å². The zero-order valence-electron chi connectivity index (χ0n) is 12.9. The van der Waals surface area contributed by atoms with E-state index in [-0.39, 0.29) is 18.1 Å². The van der Waals surface area contributed by atoms with Gasteiger partial charge in [-0.05, 0) is 49.2 Å². The van der Waals surface area contributed by atoms with Crippen molar-refractivity contribution in [2.24, 2.45) is 0 Å². The number of thioether (sulfide) groups is 1. The molecule has 0 fully saturated rings. The van der Waals surface area contributed by atoms with E-state index in [0.29, 0.717) is 11.5 Å². The van der Waals surface area contributed by atoms with Crippen LogP contribution in [-0.2, 0) is 4.79 Å². The third-order valence-electron chi connectivity index (χ3n) is 3.33. The van der Waals surface area contributed by atoms with Crippen molar-refractivity contribution in [2.75, 3.05) is 5.75 Å². The minimum Gasteiger partial charge on any atom is -0.426 e. The van der Waals surface area contributed by atoms with Crippen LogP contribution >= 0.6 is 11.8 Å². The van der Waals surface area contributed by atoms with Crippen LogP contribution in [0.4, 0.5) is 5.69 Å². The Morgan fingerprint density at radius 3 is 2.43 bits per heavy atom. The first-order chi connectivity index (χ1) is 11.0. The molecule has 0 amide bonds. The third kappa shape index (κ3) is 5.10. The molecule has 0 aliphatic carbocycles. The first-order valence-electron chi connectivity index (χ1n) is 7.11. The van der Waals surface area contributed by atoms with E-state index in [1.165, 1.54) is 35.4 Å². The number of carbonyl (C=O) groups excluding carboxylic acids is 1. The Balaban J connectivity index is 1.80. The number of benzene rings is 2. The standard InChI is InChI=1S/C17H17NO4S/c1-12-3-8-16(11-13(12)2)23-10-9-17(19)22-15-6-4-14(5-7-15)18(20)21/h3-8,11H,9-10H2,1-2H3. The second kappa shape index (κ2) is 7.78. The maximum Gasteiger partial charge on any atom is 0.312 e. The van der Waals surface area contributed by atoms with Crippen LogP contribution in [0.1, 0.15) is 17.5 Å². The molecule has 2 aromatic rings. The lowest BCUT2D eigenvalue weighted by Crippen LogP contribution is -2.08. The Kier molecular flexibility index (Phi) is 5.76. The number of esters is 1. The van der Waals surface area contributed by atoms with Gasteiger partial charge in [-0.15, -0.1) is 11.8 Å². The number of rotatable bonds is 6. The topological polar surface area (TPSA) is 69.4 Å². The van der Waals surface area contributed by atoms with Gasteiger partial charge in [-0.3, -0.25) is 14.9 Å². The molecular formula is C17H17NO4S. The Morgan fingerprint density at radius 2 is 1.83 bits per heavy atom. The first-order valence-corrected chi connectivity index (χ1v) is 8.09. The summed E-state index contributed by atoms with van der Waals surface area (Å²) >= 11 is 1.60. The van der Waals surface area contributed by atoms with E-state index in [1.54, 1.807) is 11.8 Å². The Bertz CT molecular complexity index is 713. The fourth-order valence-electron chi connectivity index (χ4n) is 1.87. The summed E-state index contributed by atoms with van der Waals surface area (Å²) in [6, 6.07) is 11.7. The van der Waals surface area contributed by atoms with Crippen LogP contribution in [-0.4, -0.2) is 16.6 Å². The second-order valence-electron chi connectivity index (χ2n) is 5.07. The average Bonchev–Trinajstić information content (AvgIpc) is 2.51. The highest BCUT2D eigenvalue weighted by atomic mass is 32.2. The minimum atomic E-state index is -0.494. The SMILES string of the molecule is Cc1ccc(SCCC(=O)Oc2ccc([N+](=O)[O-])cc2)cc1C. The van der Waals surface area contributed by atoms with Crippen LogP contribution in [0.5, 0.6) is 5.75 Å². The molecule has 120 valence electrons. The minimum absolute atomic E-state index is 0.0323. The first kappa shape index (κ1) is 17.0. The number of non-ortho nitro benzene ring substituents is 1. The Morgan fingerprint density at radius 1 is 1.13 bits per heavy atom. The number of hydrogen-bond donors (Lipinski definition) is 0. The molecule has 0 spiro atoms. The summed E-state index contributed by atoms with van der Waals surface area (Å²) < 4.78 is 5.16. The largest absolute Gasteiger partial charge is 0.426 e. The van der Waals surface area contributed by atoms with Gasteiger partial charge in [-0.1, -0.05) is 6.07 Å². The molecule has 0 aromatic heterocycles. The van der Waals surface area contributed by atoms with Crippen molar-refractivity contribution in [1.82, 2.24) is 0 Å². The van der Waals surface area contributed by atoms with Gasteiger partial charge >= 0.3 is 5.97 Å². The van der Waals surface area contributed by atoms with Crippen molar-refractivity contribution in [3.8, 4) is 5.75 Å². The van der Waals surface area contributed by atoms with E-state index < -0.39 is 4.92 Å². The average molecular weight is 331 g/mol. The molecule has 0 radical (unpaired) electrons. The van der Waals surface area contributed by atoms with Gasteiger partial charge in [0.25, 0.3) is 5.69 Å². The van der Waals surface area contributed by atoms with Crippen molar-refractivity contribution < 1.29 is 14.5 Å². The number of nitrogens with zero attached hydrogens (tertiary/aromatic N) is 1. The quantitative estimate of drug-likeness (QED) is 0.259. The molecule has 0 unspecified atom stereocenters. The number of ether oxygens (including phenoxy) is 1. The van der Waals surface area contributed by atoms with Crippen molar-refractivity contribution in [3.05, 3.63) is 63.7 Å². The highest BCUT2D eigenvalue weighted by molar-refractivity contribution is 7.99. The molecule has 2 aromatic carbocycles. The Labute approximate surface area is 138 Å². The molecule has 0 atom stereocenters. The lowest BCUT2D eigenvalue weighted by Gasteiger charge is -2.06. The summed E-state index contributed by atoms with van der Waals surface area (Å²) in [4.78, 5) is 23.0. The molecular weight excluding hydrogens is 314 g/mol. The van der Waals surface area contributed by atoms with Crippen molar-refractivity contribution in [3.63, 3.8) is 0 Å². The lowest BCUT2D eigenvalue weighted by molar-refractivity contribution is -0.384. The van der Waals surface area contributed by atoms with Crippen LogP contribution < -0.4 is 4.74 Å². The van der Waals surface area contributed by atoms with Gasteiger partial charge < -0.3 is 4.74 Å². The van der Waals surface area contributed by atoms with Crippen LogP contribution in [0.15, 0.2) is 47.4 Å². The fourth-order valence-corrected chi connectivity index (χ4v) is 2.80. The maximum atomic E-state index is 11.8. The molecule has 0 aliphatic heterocycles. The van der Waals surface area contributed by atoms with Crippen LogP contribution in [0.3, 0.4) is 0 Å². The molecule has 0 saturated heterocycles.